The molecule has 1 aromatic carbocycles. The summed E-state index contributed by atoms with van der Waals surface area (Å²) < 4.78 is 0. The number of thioether (sulfide) groups is 1. The van der Waals surface area contributed by atoms with Gasteiger partial charge in [-0.15, -0.1) is 11.7 Å². The Morgan fingerprint density at radius 2 is 2.17 bits per heavy atom. The smallest absolute Gasteiger partial charge is 0.258 e. The largest absolute Gasteiger partial charge is 0.269 e. The van der Waals surface area contributed by atoms with Gasteiger partial charge in [0.2, 0.25) is 5.16 Å². The standard InChI is InChI=1S/C11H10N4O2S/c1-2-7-18-11-12-10(13-14-11)8-3-5-9(6-4-8)15(16)17/h2-6H,1,7H2,(H,12,13,14). The Morgan fingerprint density at radius 3 is 2.78 bits per heavy atom. The van der Waals surface area contributed by atoms with Gasteiger partial charge in [-0.1, -0.05) is 17.8 Å². The predicted octanol–water partition coefficient (Wildman–Crippen LogP) is 2.66. The van der Waals surface area contributed by atoms with Gasteiger partial charge in [0, 0.05) is 23.4 Å². The maximum Gasteiger partial charge on any atom is 0.269 e. The van der Waals surface area contributed by atoms with Crippen molar-refractivity contribution >= 4 is 17.4 Å². The van der Waals surface area contributed by atoms with Gasteiger partial charge < -0.3 is 0 Å². The number of non-ortho nitro benzene ring substituents is 1. The average Bonchev–Trinajstić information content (AvgIpc) is 2.85. The van der Waals surface area contributed by atoms with E-state index in [1.165, 1.54) is 23.9 Å². The Morgan fingerprint density at radius 1 is 1.44 bits per heavy atom. The highest BCUT2D eigenvalue weighted by molar-refractivity contribution is 7.99. The molecule has 0 amide bonds. The quantitative estimate of drug-likeness (QED) is 0.387. The van der Waals surface area contributed by atoms with Gasteiger partial charge in [0.15, 0.2) is 5.82 Å². The van der Waals surface area contributed by atoms with Crippen molar-refractivity contribution in [3.05, 3.63) is 47.0 Å². The highest BCUT2D eigenvalue weighted by Crippen LogP contribution is 2.21. The third-order valence-corrected chi connectivity index (χ3v) is 2.99. The number of H-pyrrole nitrogens is 1. The number of nitro benzene ring substituents is 1. The van der Waals surface area contributed by atoms with Crippen LogP contribution < -0.4 is 0 Å². The lowest BCUT2D eigenvalue weighted by molar-refractivity contribution is -0.384. The van der Waals surface area contributed by atoms with E-state index in [4.69, 9.17) is 0 Å². The number of nitro groups is 1. The highest BCUT2D eigenvalue weighted by atomic mass is 32.2. The summed E-state index contributed by atoms with van der Waals surface area (Å²) in [6.07, 6.45) is 1.77. The van der Waals surface area contributed by atoms with Gasteiger partial charge in [-0.3, -0.25) is 15.2 Å². The van der Waals surface area contributed by atoms with Crippen LogP contribution in [0.25, 0.3) is 11.4 Å². The molecule has 0 saturated heterocycles. The van der Waals surface area contributed by atoms with Gasteiger partial charge >= 0.3 is 0 Å². The van der Waals surface area contributed by atoms with Crippen molar-refractivity contribution in [1.29, 1.82) is 0 Å². The Kier molecular flexibility index (Phi) is 3.73. The van der Waals surface area contributed by atoms with Crippen LogP contribution in [0.3, 0.4) is 0 Å². The molecule has 1 aromatic heterocycles. The van der Waals surface area contributed by atoms with Crippen LogP contribution in [0.4, 0.5) is 5.69 Å². The lowest BCUT2D eigenvalue weighted by Gasteiger charge is -1.95. The van der Waals surface area contributed by atoms with Crippen LogP contribution in [-0.2, 0) is 0 Å². The second-order valence-corrected chi connectivity index (χ2v) is 4.36. The molecular weight excluding hydrogens is 252 g/mol. The van der Waals surface area contributed by atoms with Gasteiger partial charge in [0.1, 0.15) is 0 Å². The first-order valence-corrected chi connectivity index (χ1v) is 6.10. The number of aromatic nitrogens is 3. The molecule has 2 rings (SSSR count). The molecule has 1 heterocycles. The van der Waals surface area contributed by atoms with Gasteiger partial charge in [-0.25, -0.2) is 4.98 Å². The molecule has 92 valence electrons. The molecule has 0 atom stereocenters. The Labute approximate surface area is 107 Å². The molecule has 0 aliphatic heterocycles. The third-order valence-electron chi connectivity index (χ3n) is 2.15. The van der Waals surface area contributed by atoms with E-state index in [0.29, 0.717) is 11.0 Å². The monoisotopic (exact) mass is 262 g/mol. The van der Waals surface area contributed by atoms with Crippen LogP contribution in [0.15, 0.2) is 42.1 Å². The zero-order valence-electron chi connectivity index (χ0n) is 9.37. The Bertz CT molecular complexity index is 565. The van der Waals surface area contributed by atoms with E-state index in [0.717, 1.165) is 11.3 Å². The third kappa shape index (κ3) is 2.75. The van der Waals surface area contributed by atoms with Crippen LogP contribution in [-0.4, -0.2) is 25.9 Å². The van der Waals surface area contributed by atoms with Crippen molar-refractivity contribution in [2.75, 3.05) is 5.75 Å². The van der Waals surface area contributed by atoms with Crippen molar-refractivity contribution in [2.45, 2.75) is 5.16 Å². The van der Waals surface area contributed by atoms with E-state index >= 15 is 0 Å². The molecule has 6 nitrogen and oxygen atoms in total. The minimum atomic E-state index is -0.435. The Hall–Kier alpha value is -2.15. The van der Waals surface area contributed by atoms with Crippen LogP contribution in [0, 0.1) is 10.1 Å². The first-order chi connectivity index (χ1) is 8.70. The molecule has 0 aliphatic rings. The van der Waals surface area contributed by atoms with Gasteiger partial charge in [0.25, 0.3) is 5.69 Å². The zero-order chi connectivity index (χ0) is 13.0. The molecule has 0 saturated carbocycles. The van der Waals surface area contributed by atoms with E-state index in [-0.39, 0.29) is 5.69 Å². The fraction of sp³-hybridized carbons (Fsp3) is 0.0909. The molecule has 2 aromatic rings. The van der Waals surface area contributed by atoms with Crippen LogP contribution >= 0.6 is 11.8 Å². The Balaban J connectivity index is 2.18. The molecular formula is C11H10N4O2S. The first-order valence-electron chi connectivity index (χ1n) is 5.11. The summed E-state index contributed by atoms with van der Waals surface area (Å²) in [6.45, 7) is 3.62. The molecule has 1 N–H and O–H groups in total. The van der Waals surface area contributed by atoms with Crippen LogP contribution in [0.2, 0.25) is 0 Å². The first kappa shape index (κ1) is 12.3. The van der Waals surface area contributed by atoms with Gasteiger partial charge in [-0.2, -0.15) is 0 Å². The predicted molar refractivity (Wildman–Crippen MR) is 69.4 cm³/mol. The SMILES string of the molecule is C=CCSc1n[nH]c(-c2ccc([N+](=O)[O-])cc2)n1. The van der Waals surface area contributed by atoms with Crippen LogP contribution in [0.1, 0.15) is 0 Å². The second-order valence-electron chi connectivity index (χ2n) is 3.37. The second kappa shape index (κ2) is 5.46. The summed E-state index contributed by atoms with van der Waals surface area (Å²) in [4.78, 5) is 14.4. The summed E-state index contributed by atoms with van der Waals surface area (Å²) in [5, 5.41) is 18.0. The number of rotatable bonds is 5. The van der Waals surface area contributed by atoms with Gasteiger partial charge in [-0.05, 0) is 12.1 Å². The van der Waals surface area contributed by atoms with E-state index in [1.807, 2.05) is 0 Å². The topological polar surface area (TPSA) is 84.7 Å². The van der Waals surface area contributed by atoms with E-state index in [1.54, 1.807) is 18.2 Å². The van der Waals surface area contributed by atoms with E-state index in [2.05, 4.69) is 21.8 Å². The maximum atomic E-state index is 10.5. The summed E-state index contributed by atoms with van der Waals surface area (Å²) in [5.74, 6) is 1.33. The molecule has 0 unspecified atom stereocenters. The zero-order valence-corrected chi connectivity index (χ0v) is 10.2. The van der Waals surface area contributed by atoms with E-state index in [9.17, 15) is 10.1 Å². The van der Waals surface area contributed by atoms with Gasteiger partial charge in [0.05, 0.1) is 4.92 Å². The number of hydrogen-bond acceptors (Lipinski definition) is 5. The van der Waals surface area contributed by atoms with Crippen molar-refractivity contribution in [3.63, 3.8) is 0 Å². The van der Waals surface area contributed by atoms with Crippen molar-refractivity contribution in [3.8, 4) is 11.4 Å². The fourth-order valence-corrected chi connectivity index (χ4v) is 1.85. The van der Waals surface area contributed by atoms with Crippen molar-refractivity contribution in [1.82, 2.24) is 15.2 Å². The maximum absolute atomic E-state index is 10.5. The van der Waals surface area contributed by atoms with Crippen LogP contribution in [0.5, 0.6) is 0 Å². The van der Waals surface area contributed by atoms with Crippen molar-refractivity contribution < 1.29 is 4.92 Å². The summed E-state index contributed by atoms with van der Waals surface area (Å²) in [7, 11) is 0. The lowest BCUT2D eigenvalue weighted by atomic mass is 10.2. The fourth-order valence-electron chi connectivity index (χ4n) is 1.31. The molecule has 7 heteroatoms. The lowest BCUT2D eigenvalue weighted by Crippen LogP contribution is -1.87. The number of nitrogens with zero attached hydrogens (tertiary/aromatic N) is 3. The molecule has 0 radical (unpaired) electrons. The van der Waals surface area contributed by atoms with Crippen molar-refractivity contribution in [2.24, 2.45) is 0 Å². The molecule has 0 aliphatic carbocycles. The number of benzene rings is 1. The normalized spacial score (nSPS) is 10.2. The average molecular weight is 262 g/mol. The minimum absolute atomic E-state index is 0.0551. The summed E-state index contributed by atoms with van der Waals surface area (Å²) in [6, 6.07) is 6.16. The molecule has 0 fully saturated rings. The van der Waals surface area contributed by atoms with E-state index < -0.39 is 4.92 Å². The highest BCUT2D eigenvalue weighted by Gasteiger charge is 2.08. The molecule has 0 spiro atoms. The summed E-state index contributed by atoms with van der Waals surface area (Å²) >= 11 is 1.46. The number of aromatic amines is 1. The summed E-state index contributed by atoms with van der Waals surface area (Å²) in [5.41, 5.74) is 0.818. The molecule has 18 heavy (non-hydrogen) atoms. The number of nitrogens with one attached hydrogen (secondary N) is 1. The minimum Gasteiger partial charge on any atom is -0.258 e. The molecule has 0 bridgehead atoms. The number of hydrogen-bond donors (Lipinski definition) is 1.